The van der Waals surface area contributed by atoms with Crippen LogP contribution in [0.3, 0.4) is 0 Å². The Labute approximate surface area is 84.6 Å². The summed E-state index contributed by atoms with van der Waals surface area (Å²) in [6.45, 7) is 0. The summed E-state index contributed by atoms with van der Waals surface area (Å²) < 4.78 is 13.3. The minimum absolute atomic E-state index is 0.0539. The van der Waals surface area contributed by atoms with Crippen LogP contribution in [0.1, 0.15) is 0 Å². The molecule has 5 heteroatoms. The second kappa shape index (κ2) is 3.67. The predicted molar refractivity (Wildman–Crippen MR) is 50.2 cm³/mol. The molecule has 0 aliphatic carbocycles. The Morgan fingerprint density at radius 1 is 1.14 bits per heavy atom. The standard InChI is InChI=1S/C9H5ClFN3/c10-9-13-5-12-8(14-9)6-3-1-2-4-7(6)11/h1-5H. The molecule has 2 aromatic rings. The molecule has 0 saturated heterocycles. The largest absolute Gasteiger partial charge is 0.225 e. The van der Waals surface area contributed by atoms with E-state index >= 15 is 0 Å². The SMILES string of the molecule is Fc1ccccc1-c1ncnc(Cl)n1. The van der Waals surface area contributed by atoms with E-state index in [0.29, 0.717) is 5.56 Å². The first-order valence-electron chi connectivity index (χ1n) is 3.87. The van der Waals surface area contributed by atoms with Crippen molar-refractivity contribution in [3.63, 3.8) is 0 Å². The Morgan fingerprint density at radius 2 is 1.93 bits per heavy atom. The van der Waals surface area contributed by atoms with Gasteiger partial charge in [0.2, 0.25) is 5.28 Å². The van der Waals surface area contributed by atoms with E-state index in [1.807, 2.05) is 0 Å². The zero-order valence-electron chi connectivity index (χ0n) is 6.98. The summed E-state index contributed by atoms with van der Waals surface area (Å²) in [6, 6.07) is 6.23. The average Bonchev–Trinajstić information content (AvgIpc) is 2.18. The van der Waals surface area contributed by atoms with Gasteiger partial charge in [0, 0.05) is 0 Å². The molecule has 70 valence electrons. The van der Waals surface area contributed by atoms with Crippen LogP contribution < -0.4 is 0 Å². The molecule has 0 saturated carbocycles. The Bertz CT molecular complexity index is 461. The molecule has 0 unspecified atom stereocenters. The molecule has 0 radical (unpaired) electrons. The number of benzene rings is 1. The van der Waals surface area contributed by atoms with E-state index in [0.717, 1.165) is 0 Å². The molecule has 0 fully saturated rings. The first kappa shape index (κ1) is 9.02. The zero-order chi connectivity index (χ0) is 9.97. The topological polar surface area (TPSA) is 38.7 Å². The quantitative estimate of drug-likeness (QED) is 0.724. The second-order valence-electron chi connectivity index (χ2n) is 2.56. The van der Waals surface area contributed by atoms with E-state index in [1.54, 1.807) is 18.2 Å². The lowest BCUT2D eigenvalue weighted by molar-refractivity contribution is 0.630. The number of aromatic nitrogens is 3. The lowest BCUT2D eigenvalue weighted by Crippen LogP contribution is -1.93. The van der Waals surface area contributed by atoms with Crippen molar-refractivity contribution in [2.24, 2.45) is 0 Å². The Kier molecular flexibility index (Phi) is 2.37. The fraction of sp³-hybridized carbons (Fsp3) is 0. The van der Waals surface area contributed by atoms with E-state index < -0.39 is 0 Å². The summed E-state index contributed by atoms with van der Waals surface area (Å²) in [6.07, 6.45) is 1.25. The van der Waals surface area contributed by atoms with Gasteiger partial charge in [-0.2, -0.15) is 4.98 Å². The van der Waals surface area contributed by atoms with Crippen LogP contribution in [0.2, 0.25) is 5.28 Å². The van der Waals surface area contributed by atoms with Crippen molar-refractivity contribution in [3.8, 4) is 11.4 Å². The molecular formula is C9H5ClFN3. The van der Waals surface area contributed by atoms with Crippen molar-refractivity contribution >= 4 is 11.6 Å². The summed E-state index contributed by atoms with van der Waals surface area (Å²) >= 11 is 5.56. The molecule has 0 N–H and O–H groups in total. The van der Waals surface area contributed by atoms with Crippen LogP contribution in [0.4, 0.5) is 4.39 Å². The molecule has 1 heterocycles. The Balaban J connectivity index is 2.55. The van der Waals surface area contributed by atoms with Crippen LogP contribution >= 0.6 is 11.6 Å². The maximum atomic E-state index is 13.3. The van der Waals surface area contributed by atoms with Gasteiger partial charge in [-0.05, 0) is 23.7 Å². The summed E-state index contributed by atoms with van der Waals surface area (Å²) in [7, 11) is 0. The van der Waals surface area contributed by atoms with Gasteiger partial charge in [-0.1, -0.05) is 12.1 Å². The van der Waals surface area contributed by atoms with Crippen molar-refractivity contribution in [2.45, 2.75) is 0 Å². The maximum Gasteiger partial charge on any atom is 0.225 e. The first-order valence-corrected chi connectivity index (χ1v) is 4.24. The molecule has 1 aromatic carbocycles. The predicted octanol–water partition coefficient (Wildman–Crippen LogP) is 2.33. The highest BCUT2D eigenvalue weighted by atomic mass is 35.5. The van der Waals surface area contributed by atoms with Crippen LogP contribution in [0.25, 0.3) is 11.4 Å². The highest BCUT2D eigenvalue weighted by Crippen LogP contribution is 2.18. The molecule has 0 spiro atoms. The molecule has 0 aliphatic rings. The van der Waals surface area contributed by atoms with Gasteiger partial charge < -0.3 is 0 Å². The number of rotatable bonds is 1. The van der Waals surface area contributed by atoms with Crippen LogP contribution in [0.5, 0.6) is 0 Å². The van der Waals surface area contributed by atoms with Gasteiger partial charge in [-0.3, -0.25) is 0 Å². The van der Waals surface area contributed by atoms with E-state index in [4.69, 9.17) is 11.6 Å². The Hall–Kier alpha value is -1.55. The van der Waals surface area contributed by atoms with Gasteiger partial charge in [0.15, 0.2) is 5.82 Å². The Morgan fingerprint density at radius 3 is 2.64 bits per heavy atom. The van der Waals surface area contributed by atoms with Crippen molar-refractivity contribution in [2.75, 3.05) is 0 Å². The number of hydrogen-bond donors (Lipinski definition) is 0. The van der Waals surface area contributed by atoms with E-state index in [9.17, 15) is 4.39 Å². The fourth-order valence-electron chi connectivity index (χ4n) is 1.05. The molecule has 0 atom stereocenters. The monoisotopic (exact) mass is 209 g/mol. The van der Waals surface area contributed by atoms with Gasteiger partial charge in [-0.15, -0.1) is 0 Å². The highest BCUT2D eigenvalue weighted by molar-refractivity contribution is 6.28. The van der Waals surface area contributed by atoms with E-state index in [1.165, 1.54) is 12.4 Å². The fourth-order valence-corrected chi connectivity index (χ4v) is 1.17. The van der Waals surface area contributed by atoms with Crippen molar-refractivity contribution < 1.29 is 4.39 Å². The minimum Gasteiger partial charge on any atom is -0.216 e. The minimum atomic E-state index is -0.380. The molecule has 2 rings (SSSR count). The van der Waals surface area contributed by atoms with Gasteiger partial charge in [0.1, 0.15) is 12.1 Å². The summed E-state index contributed by atoms with van der Waals surface area (Å²) in [5.41, 5.74) is 0.316. The number of halogens is 2. The van der Waals surface area contributed by atoms with E-state index in [2.05, 4.69) is 15.0 Å². The zero-order valence-corrected chi connectivity index (χ0v) is 7.74. The van der Waals surface area contributed by atoms with Crippen LogP contribution in [-0.4, -0.2) is 15.0 Å². The van der Waals surface area contributed by atoms with E-state index in [-0.39, 0.29) is 16.9 Å². The smallest absolute Gasteiger partial charge is 0.216 e. The van der Waals surface area contributed by atoms with Gasteiger partial charge in [-0.25, -0.2) is 14.4 Å². The van der Waals surface area contributed by atoms with Crippen molar-refractivity contribution in [1.29, 1.82) is 0 Å². The summed E-state index contributed by atoms with van der Waals surface area (Å²) in [4.78, 5) is 11.2. The molecule has 3 nitrogen and oxygen atoms in total. The molecule has 0 aliphatic heterocycles. The first-order chi connectivity index (χ1) is 6.77. The van der Waals surface area contributed by atoms with Gasteiger partial charge in [0.25, 0.3) is 0 Å². The lowest BCUT2D eigenvalue weighted by atomic mass is 10.2. The number of nitrogens with zero attached hydrogens (tertiary/aromatic N) is 3. The lowest BCUT2D eigenvalue weighted by Gasteiger charge is -1.99. The van der Waals surface area contributed by atoms with Crippen molar-refractivity contribution in [1.82, 2.24) is 15.0 Å². The van der Waals surface area contributed by atoms with Crippen LogP contribution in [0, 0.1) is 5.82 Å². The molecule has 14 heavy (non-hydrogen) atoms. The molecule has 0 bridgehead atoms. The van der Waals surface area contributed by atoms with Crippen LogP contribution in [0.15, 0.2) is 30.6 Å². The van der Waals surface area contributed by atoms with Crippen LogP contribution in [-0.2, 0) is 0 Å². The molecular weight excluding hydrogens is 205 g/mol. The van der Waals surface area contributed by atoms with Gasteiger partial charge in [0.05, 0.1) is 5.56 Å². The highest BCUT2D eigenvalue weighted by Gasteiger charge is 2.06. The second-order valence-corrected chi connectivity index (χ2v) is 2.90. The van der Waals surface area contributed by atoms with Gasteiger partial charge >= 0.3 is 0 Å². The number of hydrogen-bond acceptors (Lipinski definition) is 3. The third kappa shape index (κ3) is 1.70. The normalized spacial score (nSPS) is 10.1. The molecule has 1 aromatic heterocycles. The van der Waals surface area contributed by atoms with Crippen molar-refractivity contribution in [3.05, 3.63) is 41.7 Å². The third-order valence-corrected chi connectivity index (χ3v) is 1.84. The molecule has 0 amide bonds. The third-order valence-electron chi connectivity index (χ3n) is 1.66. The summed E-state index contributed by atoms with van der Waals surface area (Å²) in [5.74, 6) is -0.141. The average molecular weight is 210 g/mol. The summed E-state index contributed by atoms with van der Waals surface area (Å²) in [5, 5.41) is 0.0539. The maximum absolute atomic E-state index is 13.3.